The van der Waals surface area contributed by atoms with Crippen molar-refractivity contribution in [2.45, 2.75) is 12.6 Å². The van der Waals surface area contributed by atoms with Gasteiger partial charge in [-0.05, 0) is 32.1 Å². The van der Waals surface area contributed by atoms with Crippen LogP contribution in [0.2, 0.25) is 0 Å². The molecule has 0 radical (unpaired) electrons. The van der Waals surface area contributed by atoms with Crippen LogP contribution in [-0.4, -0.2) is 47.0 Å². The van der Waals surface area contributed by atoms with Crippen LogP contribution >= 0.6 is 0 Å². The maximum atomic E-state index is 12.7. The van der Waals surface area contributed by atoms with Crippen LogP contribution in [0, 0.1) is 0 Å². The summed E-state index contributed by atoms with van der Waals surface area (Å²) in [6.45, 7) is 1.51. The zero-order chi connectivity index (χ0) is 14.8. The average Bonchev–Trinajstić information content (AvgIpc) is 2.81. The first kappa shape index (κ1) is 14.5. The molecular formula is C11H15F3N6. The van der Waals surface area contributed by atoms with Crippen LogP contribution in [0.3, 0.4) is 0 Å². The van der Waals surface area contributed by atoms with Crippen molar-refractivity contribution in [1.29, 1.82) is 0 Å². The van der Waals surface area contributed by atoms with Crippen molar-refractivity contribution in [3.8, 4) is 0 Å². The number of anilines is 1. The molecule has 0 saturated carbocycles. The van der Waals surface area contributed by atoms with E-state index in [1.54, 1.807) is 18.0 Å². The number of alkyl halides is 3. The van der Waals surface area contributed by atoms with Gasteiger partial charge in [-0.25, -0.2) is 0 Å². The molecule has 0 atom stereocenters. The summed E-state index contributed by atoms with van der Waals surface area (Å²) < 4.78 is 39.0. The van der Waals surface area contributed by atoms with Gasteiger partial charge in [-0.1, -0.05) is 0 Å². The molecule has 0 aliphatic rings. The van der Waals surface area contributed by atoms with E-state index in [0.717, 1.165) is 17.5 Å². The first-order valence-electron chi connectivity index (χ1n) is 6.09. The van der Waals surface area contributed by atoms with Crippen molar-refractivity contribution in [3.63, 3.8) is 0 Å². The standard InChI is InChI=1S/C11H15F3N6/c1-15-6-3-7-19(2)9-5-4-8-16-17-10(11(12,13)14)20(8)18-9/h4-5,15H,3,6-7H2,1-2H3. The minimum absolute atomic E-state index is 0.0738. The summed E-state index contributed by atoms with van der Waals surface area (Å²) in [6, 6.07) is 3.10. The van der Waals surface area contributed by atoms with E-state index in [4.69, 9.17) is 0 Å². The molecule has 2 aromatic rings. The first-order valence-corrected chi connectivity index (χ1v) is 6.09. The summed E-state index contributed by atoms with van der Waals surface area (Å²) in [4.78, 5) is 1.79. The molecule has 0 unspecified atom stereocenters. The monoisotopic (exact) mass is 288 g/mol. The molecule has 110 valence electrons. The number of fused-ring (bicyclic) bond motifs is 1. The highest BCUT2D eigenvalue weighted by atomic mass is 19.4. The van der Waals surface area contributed by atoms with E-state index in [2.05, 4.69) is 20.6 Å². The Morgan fingerprint density at radius 1 is 1.30 bits per heavy atom. The lowest BCUT2D eigenvalue weighted by Crippen LogP contribution is -2.24. The Balaban J connectivity index is 2.27. The zero-order valence-electron chi connectivity index (χ0n) is 11.1. The molecule has 2 heterocycles. The summed E-state index contributed by atoms with van der Waals surface area (Å²) in [5, 5.41) is 13.6. The Kier molecular flexibility index (Phi) is 4.07. The van der Waals surface area contributed by atoms with Gasteiger partial charge < -0.3 is 10.2 Å². The van der Waals surface area contributed by atoms with Crippen molar-refractivity contribution in [2.24, 2.45) is 0 Å². The number of aromatic nitrogens is 4. The van der Waals surface area contributed by atoms with Crippen LogP contribution in [-0.2, 0) is 6.18 Å². The molecule has 9 heteroatoms. The van der Waals surface area contributed by atoms with Crippen LogP contribution in [0.5, 0.6) is 0 Å². The molecule has 2 rings (SSSR count). The van der Waals surface area contributed by atoms with E-state index in [-0.39, 0.29) is 5.65 Å². The molecule has 0 saturated heterocycles. The van der Waals surface area contributed by atoms with Gasteiger partial charge in [-0.2, -0.15) is 17.7 Å². The molecular weight excluding hydrogens is 273 g/mol. The van der Waals surface area contributed by atoms with E-state index in [0.29, 0.717) is 12.4 Å². The molecule has 0 aliphatic heterocycles. The molecule has 2 aromatic heterocycles. The summed E-state index contributed by atoms with van der Waals surface area (Å²) in [5.41, 5.74) is 0.0738. The molecule has 0 spiro atoms. The fourth-order valence-electron chi connectivity index (χ4n) is 1.77. The third-order valence-electron chi connectivity index (χ3n) is 2.81. The van der Waals surface area contributed by atoms with Gasteiger partial charge in [0.05, 0.1) is 0 Å². The van der Waals surface area contributed by atoms with Crippen molar-refractivity contribution >= 4 is 11.5 Å². The number of rotatable bonds is 5. The Labute approximate surface area is 113 Å². The smallest absolute Gasteiger partial charge is 0.358 e. The number of hydrogen-bond donors (Lipinski definition) is 1. The minimum Gasteiger partial charge on any atom is -0.358 e. The molecule has 0 fully saturated rings. The predicted molar refractivity (Wildman–Crippen MR) is 67.6 cm³/mol. The molecule has 0 aromatic carbocycles. The maximum Gasteiger partial charge on any atom is 0.453 e. The lowest BCUT2D eigenvalue weighted by Gasteiger charge is -2.17. The van der Waals surface area contributed by atoms with Gasteiger partial charge in [-0.3, -0.25) is 0 Å². The molecule has 1 N–H and O–H groups in total. The highest BCUT2D eigenvalue weighted by Gasteiger charge is 2.37. The highest BCUT2D eigenvalue weighted by Crippen LogP contribution is 2.27. The highest BCUT2D eigenvalue weighted by molar-refractivity contribution is 5.45. The van der Waals surface area contributed by atoms with Gasteiger partial charge in [0.1, 0.15) is 5.82 Å². The summed E-state index contributed by atoms with van der Waals surface area (Å²) >= 11 is 0. The van der Waals surface area contributed by atoms with Crippen molar-refractivity contribution < 1.29 is 13.2 Å². The quantitative estimate of drug-likeness (QED) is 0.838. The number of halogens is 3. The SMILES string of the molecule is CNCCCN(C)c1ccc2nnc(C(F)(F)F)n2n1. The fraction of sp³-hybridized carbons (Fsp3) is 0.545. The fourth-order valence-corrected chi connectivity index (χ4v) is 1.77. The lowest BCUT2D eigenvalue weighted by atomic mass is 10.4. The second kappa shape index (κ2) is 5.61. The summed E-state index contributed by atoms with van der Waals surface area (Å²) in [6.07, 6.45) is -3.71. The van der Waals surface area contributed by atoms with E-state index in [1.807, 2.05) is 7.05 Å². The summed E-state index contributed by atoms with van der Waals surface area (Å²) in [7, 11) is 3.62. The second-order valence-corrected chi connectivity index (χ2v) is 4.36. The predicted octanol–water partition coefficient (Wildman–Crippen LogP) is 1.19. The largest absolute Gasteiger partial charge is 0.453 e. The maximum absolute atomic E-state index is 12.7. The van der Waals surface area contributed by atoms with Crippen molar-refractivity contribution in [3.05, 3.63) is 18.0 Å². The third kappa shape index (κ3) is 2.98. The number of nitrogens with one attached hydrogen (secondary N) is 1. The van der Waals surface area contributed by atoms with E-state index < -0.39 is 12.0 Å². The van der Waals surface area contributed by atoms with Gasteiger partial charge in [0.15, 0.2) is 5.65 Å². The number of hydrogen-bond acceptors (Lipinski definition) is 5. The van der Waals surface area contributed by atoms with Gasteiger partial charge in [-0.15, -0.1) is 15.3 Å². The lowest BCUT2D eigenvalue weighted by molar-refractivity contribution is -0.146. The van der Waals surface area contributed by atoms with Crippen LogP contribution in [0.25, 0.3) is 5.65 Å². The second-order valence-electron chi connectivity index (χ2n) is 4.36. The van der Waals surface area contributed by atoms with Gasteiger partial charge in [0.2, 0.25) is 0 Å². The van der Waals surface area contributed by atoms with Crippen molar-refractivity contribution in [1.82, 2.24) is 25.1 Å². The minimum atomic E-state index is -4.57. The average molecular weight is 288 g/mol. The summed E-state index contributed by atoms with van der Waals surface area (Å²) in [5.74, 6) is -0.670. The third-order valence-corrected chi connectivity index (χ3v) is 2.81. The Morgan fingerprint density at radius 3 is 2.70 bits per heavy atom. The van der Waals surface area contributed by atoms with E-state index in [1.165, 1.54) is 6.07 Å². The first-order chi connectivity index (χ1) is 9.43. The number of nitrogens with zero attached hydrogens (tertiary/aromatic N) is 5. The van der Waals surface area contributed by atoms with Crippen molar-refractivity contribution in [2.75, 3.05) is 32.1 Å². The van der Waals surface area contributed by atoms with Crippen LogP contribution in [0.1, 0.15) is 12.2 Å². The molecule has 0 bridgehead atoms. The topological polar surface area (TPSA) is 58.3 Å². The molecule has 20 heavy (non-hydrogen) atoms. The Morgan fingerprint density at radius 2 is 2.05 bits per heavy atom. The molecule has 0 amide bonds. The Bertz CT molecular complexity index is 579. The zero-order valence-corrected chi connectivity index (χ0v) is 11.1. The molecule has 0 aliphatic carbocycles. The van der Waals surface area contributed by atoms with E-state index in [9.17, 15) is 13.2 Å². The van der Waals surface area contributed by atoms with Crippen LogP contribution in [0.4, 0.5) is 19.0 Å². The van der Waals surface area contributed by atoms with E-state index >= 15 is 0 Å². The Hall–Kier alpha value is -1.90. The van der Waals surface area contributed by atoms with Crippen LogP contribution < -0.4 is 10.2 Å². The normalized spacial score (nSPS) is 12.1. The van der Waals surface area contributed by atoms with Gasteiger partial charge >= 0.3 is 6.18 Å². The van der Waals surface area contributed by atoms with Crippen LogP contribution in [0.15, 0.2) is 12.1 Å². The van der Waals surface area contributed by atoms with Gasteiger partial charge in [0.25, 0.3) is 5.82 Å². The molecule has 6 nitrogen and oxygen atoms in total. The van der Waals surface area contributed by atoms with Gasteiger partial charge in [0, 0.05) is 13.6 Å².